The van der Waals surface area contributed by atoms with Crippen molar-refractivity contribution in [3.63, 3.8) is 0 Å². The Morgan fingerprint density at radius 3 is 1.33 bits per heavy atom. The first kappa shape index (κ1) is 49.8. The lowest BCUT2D eigenvalue weighted by atomic mass is 9.87. The molecular formula is C45H62N8O10. The van der Waals surface area contributed by atoms with E-state index in [1.807, 2.05) is 47.0 Å². The van der Waals surface area contributed by atoms with Gasteiger partial charge in [0.2, 0.25) is 11.8 Å². The van der Waals surface area contributed by atoms with Crippen LogP contribution in [0.1, 0.15) is 104 Å². The molecule has 18 heteroatoms. The van der Waals surface area contributed by atoms with Gasteiger partial charge in [0.1, 0.15) is 11.4 Å². The maximum absolute atomic E-state index is 12.4. The van der Waals surface area contributed by atoms with E-state index in [0.717, 1.165) is 22.5 Å². The minimum atomic E-state index is -0.457. The lowest BCUT2D eigenvalue weighted by Crippen LogP contribution is -2.41. The highest BCUT2D eigenvalue weighted by molar-refractivity contribution is 5.96. The number of hydrogen-bond acceptors (Lipinski definition) is 14. The highest BCUT2D eigenvalue weighted by Crippen LogP contribution is 2.41. The van der Waals surface area contributed by atoms with Crippen LogP contribution in [0, 0.1) is 11.8 Å². The number of amides is 2. The van der Waals surface area contributed by atoms with Crippen molar-refractivity contribution in [2.45, 2.75) is 73.8 Å². The summed E-state index contributed by atoms with van der Waals surface area (Å²) >= 11 is 0. The Labute approximate surface area is 369 Å². The van der Waals surface area contributed by atoms with Gasteiger partial charge in [0.15, 0.2) is 0 Å². The highest BCUT2D eigenvalue weighted by atomic mass is 16.6. The lowest BCUT2D eigenvalue weighted by molar-refractivity contribution is -0.117. The van der Waals surface area contributed by atoms with E-state index in [-0.39, 0.29) is 48.9 Å². The molecule has 63 heavy (non-hydrogen) atoms. The number of esters is 2. The zero-order valence-electron chi connectivity index (χ0n) is 37.9. The molecule has 18 nitrogen and oxygen atoms in total. The van der Waals surface area contributed by atoms with Crippen LogP contribution in [0.2, 0.25) is 0 Å². The Morgan fingerprint density at radius 2 is 1.00 bits per heavy atom. The van der Waals surface area contributed by atoms with Gasteiger partial charge in [-0.1, -0.05) is 44.2 Å². The van der Waals surface area contributed by atoms with Crippen LogP contribution >= 0.6 is 0 Å². The zero-order chi connectivity index (χ0) is 46.1. The summed E-state index contributed by atoms with van der Waals surface area (Å²) in [5.74, 6) is -1.08. The number of allylic oxidation sites excluding steroid dienone is 1. The Morgan fingerprint density at radius 1 is 0.651 bits per heavy atom. The topological polar surface area (TPSA) is 192 Å². The number of fused-ring (bicyclic) bond motifs is 2. The fraction of sp³-hybridized carbons (Fsp3) is 0.511. The molecule has 2 aliphatic rings. The minimum Gasteiger partial charge on any atom is -0.465 e. The largest absolute Gasteiger partial charge is 0.465 e. The van der Waals surface area contributed by atoms with Gasteiger partial charge in [-0.25, -0.2) is 19.0 Å². The van der Waals surface area contributed by atoms with Gasteiger partial charge < -0.3 is 38.2 Å². The Kier molecular flexibility index (Phi) is 19.6. The molecule has 0 spiro atoms. The number of nitrogens with zero attached hydrogens (tertiary/aromatic N) is 8. The summed E-state index contributed by atoms with van der Waals surface area (Å²) in [6.45, 7) is 20.1. The summed E-state index contributed by atoms with van der Waals surface area (Å²) in [7, 11) is 2.67. The van der Waals surface area contributed by atoms with Crippen molar-refractivity contribution < 1.29 is 47.6 Å². The highest BCUT2D eigenvalue weighted by Gasteiger charge is 2.37. The van der Waals surface area contributed by atoms with Gasteiger partial charge >= 0.3 is 11.9 Å². The Balaban J connectivity index is 0.00000167. The second-order valence-electron chi connectivity index (χ2n) is 14.8. The Bertz CT molecular complexity index is 1990. The van der Waals surface area contributed by atoms with Crippen LogP contribution in [0.15, 0.2) is 61.4 Å². The second kappa shape index (κ2) is 24.7. The third-order valence-electron chi connectivity index (χ3n) is 10.2. The van der Waals surface area contributed by atoms with Crippen molar-refractivity contribution in [2.24, 2.45) is 11.8 Å². The van der Waals surface area contributed by atoms with Crippen molar-refractivity contribution >= 4 is 35.1 Å². The summed E-state index contributed by atoms with van der Waals surface area (Å²) in [5, 5.41) is 17.3. The molecule has 4 aromatic rings. The fourth-order valence-corrected chi connectivity index (χ4v) is 7.49. The molecule has 0 N–H and O–H groups in total. The predicted molar refractivity (Wildman–Crippen MR) is 234 cm³/mol. The van der Waals surface area contributed by atoms with Gasteiger partial charge in [0.05, 0.1) is 103 Å². The SMILES string of the molecule is C=CC.CC.COC(=O)c1ccc2c(c1)C(n1cc(COCCOCCOCCOCc3cn(C4c5cc(C(=O)OC)ccc5N(C(C)=O)C[C@H]4C)nn3)nn1)C(C)CN2C(C)=O. The second-order valence-corrected chi connectivity index (χ2v) is 14.8. The molecule has 4 atom stereocenters. The van der Waals surface area contributed by atoms with E-state index in [4.69, 9.17) is 28.4 Å². The molecule has 0 saturated carbocycles. The molecular weight excluding hydrogens is 813 g/mol. The number of anilines is 2. The van der Waals surface area contributed by atoms with Crippen LogP contribution in [0.3, 0.4) is 0 Å². The zero-order valence-corrected chi connectivity index (χ0v) is 37.9. The third-order valence-corrected chi connectivity index (χ3v) is 10.2. The first-order valence-corrected chi connectivity index (χ1v) is 21.1. The van der Waals surface area contributed by atoms with Crippen molar-refractivity contribution in [3.05, 3.63) is 95.1 Å². The maximum atomic E-state index is 12.4. The van der Waals surface area contributed by atoms with Crippen LogP contribution in [0.4, 0.5) is 11.4 Å². The quantitative estimate of drug-likeness (QED) is 0.0722. The fourth-order valence-electron chi connectivity index (χ4n) is 7.49. The third kappa shape index (κ3) is 12.9. The predicted octanol–water partition coefficient (Wildman–Crippen LogP) is 5.61. The van der Waals surface area contributed by atoms with Crippen LogP contribution in [0.5, 0.6) is 0 Å². The van der Waals surface area contributed by atoms with E-state index >= 15 is 0 Å². The maximum Gasteiger partial charge on any atom is 0.337 e. The van der Waals surface area contributed by atoms with Crippen LogP contribution in [-0.4, -0.2) is 121 Å². The lowest BCUT2D eigenvalue weighted by Gasteiger charge is -2.38. The first-order valence-electron chi connectivity index (χ1n) is 21.1. The van der Waals surface area contributed by atoms with E-state index in [2.05, 4.69) is 27.2 Å². The summed E-state index contributed by atoms with van der Waals surface area (Å²) in [6, 6.07) is 9.88. The average molecular weight is 875 g/mol. The molecule has 0 bridgehead atoms. The number of carbonyl (C=O) groups excluding carboxylic acids is 4. The van der Waals surface area contributed by atoms with E-state index in [0.29, 0.717) is 75.2 Å². The number of hydrogen-bond donors (Lipinski definition) is 0. The van der Waals surface area contributed by atoms with E-state index in [1.54, 1.807) is 61.6 Å². The van der Waals surface area contributed by atoms with Gasteiger partial charge in [-0.05, 0) is 43.3 Å². The molecule has 3 unspecified atom stereocenters. The molecule has 6 rings (SSSR count). The van der Waals surface area contributed by atoms with Crippen molar-refractivity contribution in [3.8, 4) is 0 Å². The van der Waals surface area contributed by atoms with Gasteiger partial charge in [0.25, 0.3) is 0 Å². The number of aromatic nitrogens is 6. The number of rotatable bonds is 17. The monoisotopic (exact) mass is 874 g/mol. The van der Waals surface area contributed by atoms with E-state index in [9.17, 15) is 19.2 Å². The van der Waals surface area contributed by atoms with Gasteiger partial charge in [0, 0.05) is 61.3 Å². The minimum absolute atomic E-state index is 0.00628. The molecule has 0 saturated heterocycles. The van der Waals surface area contributed by atoms with Crippen LogP contribution in [0.25, 0.3) is 0 Å². The summed E-state index contributed by atoms with van der Waals surface area (Å²) in [6.07, 6.45) is 5.39. The molecule has 0 aliphatic carbocycles. The number of ether oxygens (including phenoxy) is 6. The number of methoxy groups -OCH3 is 2. The molecule has 4 heterocycles. The van der Waals surface area contributed by atoms with Crippen molar-refractivity contribution in [1.82, 2.24) is 30.0 Å². The molecule has 0 radical (unpaired) electrons. The van der Waals surface area contributed by atoms with Gasteiger partial charge in [-0.2, -0.15) is 0 Å². The average Bonchev–Trinajstić information content (AvgIpc) is 3.95. The van der Waals surface area contributed by atoms with Crippen molar-refractivity contribution in [1.29, 1.82) is 0 Å². The Hall–Kier alpha value is -5.82. The smallest absolute Gasteiger partial charge is 0.337 e. The molecule has 342 valence electrons. The van der Waals surface area contributed by atoms with Crippen molar-refractivity contribution in [2.75, 3.05) is 76.8 Å². The van der Waals surface area contributed by atoms with E-state index < -0.39 is 11.9 Å². The first-order chi connectivity index (χ1) is 30.4. The van der Waals surface area contributed by atoms with Crippen LogP contribution < -0.4 is 9.80 Å². The standard InChI is InChI=1S/C40H50N8O10.C3H6.C2H6/c1-25-19-45(27(3)49)35-9-7-29(39(51)53-5)17-33(35)37(25)47-21-31(41-43-47)23-57-15-13-55-11-12-56-14-16-58-24-32-22-48(44-42-32)38-26(2)20-46(28(4)50)36-10-8-30(18-34(36)38)40(52)54-6;1-3-2;1-2/h7-10,17-18,21-22,25-26,37-38H,11-16,19-20,23-24H2,1-6H3;3H,1H2,2H3;1-2H3/t25-,26?,37?,38?;;/m1../s1. The van der Waals surface area contributed by atoms with Gasteiger partial charge in [-0.3, -0.25) is 9.59 Å². The molecule has 2 aromatic carbocycles. The molecule has 2 aliphatic heterocycles. The molecule has 2 aromatic heterocycles. The normalized spacial score (nSPS) is 17.5. The summed E-state index contributed by atoms with van der Waals surface area (Å²) in [5.41, 5.74) is 5.11. The summed E-state index contributed by atoms with van der Waals surface area (Å²) in [4.78, 5) is 52.8. The molecule has 2 amide bonds. The molecule has 0 fully saturated rings. The van der Waals surface area contributed by atoms with Gasteiger partial charge in [-0.15, -0.1) is 16.8 Å². The van der Waals surface area contributed by atoms with Crippen LogP contribution in [-0.2, 0) is 51.2 Å². The number of benzene rings is 2. The summed E-state index contributed by atoms with van der Waals surface area (Å²) < 4.78 is 36.2. The van der Waals surface area contributed by atoms with E-state index in [1.165, 1.54) is 28.1 Å². The number of carbonyl (C=O) groups is 4.